The predicted octanol–water partition coefficient (Wildman–Crippen LogP) is 2.69. The summed E-state index contributed by atoms with van der Waals surface area (Å²) in [7, 11) is -0.591. The quantitative estimate of drug-likeness (QED) is 0.0482. The standard InChI is InChI=1S/C29H51BN6O7/c1-18(2)15-24(30-42-23-17-20-16-22(28(20,4)5)29(23,6)43-30)34-26(39)21(12-10-14-32-27(31)35-36(40)41)33-25(38)13-9-7-8-11-19(3)37/h18,20-24H,7-17H2,1-6H3,(H,33,38)(H,34,39)(H3,31,32,35)/t20-,21+,22-,23-,24+,29+/m1/s1. The minimum absolute atomic E-state index is 0.0181. The van der Waals surface area contributed by atoms with Gasteiger partial charge < -0.3 is 30.5 Å². The van der Waals surface area contributed by atoms with E-state index in [1.807, 2.05) is 0 Å². The molecule has 0 aromatic rings. The molecule has 6 atom stereocenters. The fraction of sp³-hybridized carbons (Fsp3) is 0.862. The summed E-state index contributed by atoms with van der Waals surface area (Å²) in [6.45, 7) is 12.6. The molecule has 43 heavy (non-hydrogen) atoms. The number of nitrogens with zero attached hydrogens (tertiary/aromatic N) is 2. The highest BCUT2D eigenvalue weighted by atomic mass is 16.7. The Labute approximate surface area is 255 Å². The Kier molecular flexibility index (Phi) is 12.0. The number of nitrogens with two attached hydrogens (primary N) is 1. The summed E-state index contributed by atoms with van der Waals surface area (Å²) in [5.41, 5.74) is 7.08. The maximum absolute atomic E-state index is 13.7. The molecule has 0 radical (unpaired) electrons. The summed E-state index contributed by atoms with van der Waals surface area (Å²) in [5.74, 6) is 0.0525. The van der Waals surface area contributed by atoms with E-state index in [2.05, 4.69) is 50.2 Å². The van der Waals surface area contributed by atoms with Crippen molar-refractivity contribution >= 4 is 30.7 Å². The van der Waals surface area contributed by atoms with Crippen LogP contribution in [0.4, 0.5) is 0 Å². The van der Waals surface area contributed by atoms with Crippen LogP contribution in [-0.4, -0.2) is 65.9 Å². The van der Waals surface area contributed by atoms with Gasteiger partial charge in [0.05, 0.1) is 17.6 Å². The first-order valence-corrected chi connectivity index (χ1v) is 15.8. The summed E-state index contributed by atoms with van der Waals surface area (Å²) in [6.07, 6.45) is 6.12. The lowest BCUT2D eigenvalue weighted by atomic mass is 9.43. The van der Waals surface area contributed by atoms with Crippen LogP contribution in [0.25, 0.3) is 0 Å². The van der Waals surface area contributed by atoms with E-state index in [0.717, 1.165) is 25.7 Å². The Morgan fingerprint density at radius 1 is 1.09 bits per heavy atom. The molecule has 1 saturated heterocycles. The molecular weight excluding hydrogens is 555 g/mol. The summed E-state index contributed by atoms with van der Waals surface area (Å²) < 4.78 is 13.2. The molecule has 1 heterocycles. The molecule has 4 fully saturated rings. The zero-order valence-corrected chi connectivity index (χ0v) is 26.6. The molecule has 14 heteroatoms. The second-order valence-electron chi connectivity index (χ2n) is 13.7. The number of hydrazine groups is 1. The molecule has 5 N–H and O–H groups in total. The maximum atomic E-state index is 13.7. The van der Waals surface area contributed by atoms with Crippen LogP contribution in [0.1, 0.15) is 106 Å². The van der Waals surface area contributed by atoms with Crippen molar-refractivity contribution in [3.8, 4) is 0 Å². The first kappa shape index (κ1) is 34.8. The third-order valence-electron chi connectivity index (χ3n) is 9.57. The van der Waals surface area contributed by atoms with Crippen LogP contribution < -0.4 is 21.8 Å². The van der Waals surface area contributed by atoms with Crippen molar-refractivity contribution in [1.82, 2.24) is 16.1 Å². The van der Waals surface area contributed by atoms with Gasteiger partial charge in [0.25, 0.3) is 5.96 Å². The van der Waals surface area contributed by atoms with Gasteiger partial charge in [-0.2, -0.15) is 0 Å². The van der Waals surface area contributed by atoms with E-state index in [1.54, 1.807) is 12.3 Å². The van der Waals surface area contributed by atoms with E-state index in [1.165, 1.54) is 0 Å². The van der Waals surface area contributed by atoms with Gasteiger partial charge >= 0.3 is 7.12 Å². The molecule has 3 saturated carbocycles. The molecule has 4 aliphatic rings. The van der Waals surface area contributed by atoms with Crippen molar-refractivity contribution in [2.45, 2.75) is 129 Å². The Morgan fingerprint density at radius 2 is 1.79 bits per heavy atom. The van der Waals surface area contributed by atoms with Gasteiger partial charge in [0.2, 0.25) is 11.8 Å². The minimum atomic E-state index is -0.842. The Hall–Kier alpha value is -2.74. The lowest BCUT2D eigenvalue weighted by Crippen LogP contribution is -2.65. The first-order valence-electron chi connectivity index (χ1n) is 15.8. The Balaban J connectivity index is 1.65. The molecule has 242 valence electrons. The predicted molar refractivity (Wildman–Crippen MR) is 163 cm³/mol. The van der Waals surface area contributed by atoms with E-state index < -0.39 is 29.7 Å². The number of aliphatic imine (C=N–C) groups is 1. The van der Waals surface area contributed by atoms with Crippen LogP contribution in [0.3, 0.4) is 0 Å². The van der Waals surface area contributed by atoms with Crippen molar-refractivity contribution in [3.05, 3.63) is 10.1 Å². The highest BCUT2D eigenvalue weighted by Gasteiger charge is 2.68. The van der Waals surface area contributed by atoms with E-state index in [9.17, 15) is 24.5 Å². The highest BCUT2D eigenvalue weighted by molar-refractivity contribution is 6.48. The van der Waals surface area contributed by atoms with Crippen LogP contribution in [-0.2, 0) is 23.7 Å². The van der Waals surface area contributed by atoms with Crippen molar-refractivity contribution in [3.63, 3.8) is 0 Å². The number of hydrogen-bond acceptors (Lipinski definition) is 8. The Bertz CT molecular complexity index is 1060. The molecule has 0 aromatic carbocycles. The summed E-state index contributed by atoms with van der Waals surface area (Å²) >= 11 is 0. The molecule has 0 aromatic heterocycles. The van der Waals surface area contributed by atoms with Crippen molar-refractivity contribution < 1.29 is 28.7 Å². The van der Waals surface area contributed by atoms with Crippen molar-refractivity contribution in [1.29, 1.82) is 0 Å². The number of carbonyl (C=O) groups is 3. The fourth-order valence-corrected chi connectivity index (χ4v) is 7.10. The average molecular weight is 607 g/mol. The smallest absolute Gasteiger partial charge is 0.404 e. The number of unbranched alkanes of at least 4 members (excludes halogenated alkanes) is 2. The maximum Gasteiger partial charge on any atom is 0.481 e. The minimum Gasteiger partial charge on any atom is -0.404 e. The number of carbonyl (C=O) groups excluding carboxylic acids is 3. The van der Waals surface area contributed by atoms with Gasteiger partial charge in [-0.25, -0.2) is 15.1 Å². The van der Waals surface area contributed by atoms with Crippen molar-refractivity contribution in [2.75, 3.05) is 6.54 Å². The van der Waals surface area contributed by atoms with Gasteiger partial charge in [-0.15, -0.1) is 0 Å². The number of nitrogens with one attached hydrogen (secondary N) is 3. The number of guanidine groups is 1. The number of hydrogen-bond donors (Lipinski definition) is 4. The van der Waals surface area contributed by atoms with Crippen LogP contribution in [0, 0.1) is 33.3 Å². The largest absolute Gasteiger partial charge is 0.481 e. The molecular formula is C29H51BN6O7. The van der Waals surface area contributed by atoms with E-state index in [4.69, 9.17) is 15.0 Å². The number of Topliss-reactive ketones (excluding diaryl/α,β-unsaturated/α-hetero) is 1. The summed E-state index contributed by atoms with van der Waals surface area (Å²) in [4.78, 5) is 52.2. The van der Waals surface area contributed by atoms with Gasteiger partial charge in [-0.05, 0) is 82.0 Å². The third-order valence-corrected chi connectivity index (χ3v) is 9.57. The van der Waals surface area contributed by atoms with Gasteiger partial charge in [0.1, 0.15) is 11.8 Å². The molecule has 0 unspecified atom stereocenters. The van der Waals surface area contributed by atoms with Gasteiger partial charge in [-0.3, -0.25) is 9.59 Å². The lowest BCUT2D eigenvalue weighted by molar-refractivity contribution is -0.525. The van der Waals surface area contributed by atoms with Crippen molar-refractivity contribution in [2.24, 2.45) is 33.9 Å². The first-order chi connectivity index (χ1) is 20.1. The molecule has 1 aliphatic heterocycles. The van der Waals surface area contributed by atoms with Crippen LogP contribution in [0.5, 0.6) is 0 Å². The van der Waals surface area contributed by atoms with E-state index in [-0.39, 0.29) is 60.4 Å². The lowest BCUT2D eigenvalue weighted by Gasteiger charge is -2.64. The average Bonchev–Trinajstić information content (AvgIpc) is 3.26. The number of amides is 2. The van der Waals surface area contributed by atoms with Gasteiger partial charge in [-0.1, -0.05) is 39.5 Å². The second kappa shape index (κ2) is 14.8. The zero-order valence-electron chi connectivity index (χ0n) is 26.6. The molecule has 13 nitrogen and oxygen atoms in total. The number of nitro groups is 1. The molecule has 0 spiro atoms. The fourth-order valence-electron chi connectivity index (χ4n) is 7.10. The number of ketones is 1. The second-order valence-corrected chi connectivity index (χ2v) is 13.7. The van der Waals surface area contributed by atoms with Gasteiger partial charge in [0.15, 0.2) is 5.03 Å². The summed E-state index contributed by atoms with van der Waals surface area (Å²) in [6, 6.07) is -0.842. The van der Waals surface area contributed by atoms with E-state index in [0.29, 0.717) is 37.5 Å². The van der Waals surface area contributed by atoms with E-state index >= 15 is 0 Å². The zero-order chi connectivity index (χ0) is 31.9. The molecule has 2 amide bonds. The highest BCUT2D eigenvalue weighted by Crippen LogP contribution is 2.65. The third kappa shape index (κ3) is 9.13. The van der Waals surface area contributed by atoms with Crippen LogP contribution in [0.15, 0.2) is 4.99 Å². The molecule has 2 bridgehead atoms. The summed E-state index contributed by atoms with van der Waals surface area (Å²) in [5, 5.41) is 15.8. The SMILES string of the molecule is CC(=O)CCCCCC(=O)N[C@@H](CCCN=C(N)N[N+](=O)[O-])C(=O)N[C@@H](CC(C)C)B1O[C@@H]2C[C@H]3C[C@H](C3(C)C)[C@]2(C)O1. The van der Waals surface area contributed by atoms with Crippen LogP contribution in [0.2, 0.25) is 0 Å². The van der Waals surface area contributed by atoms with Gasteiger partial charge in [0, 0.05) is 19.4 Å². The normalized spacial score (nSPS) is 27.1. The van der Waals surface area contributed by atoms with Crippen LogP contribution >= 0.6 is 0 Å². The molecule has 4 rings (SSSR count). The monoisotopic (exact) mass is 606 g/mol. The number of rotatable bonds is 17. The Morgan fingerprint density at radius 3 is 2.42 bits per heavy atom. The topological polar surface area (TPSA) is 187 Å². The molecule has 3 aliphatic carbocycles.